The standard InChI is InChI=1S/CHNS.N3/c2-1-3;1-3-2/h3H;/q;-1. The molecule has 0 amide bonds. The number of hydrogen-bond donors (Lipinski definition) is 1. The van der Waals surface area contributed by atoms with Crippen molar-refractivity contribution in [3.8, 4) is 5.40 Å². The Morgan fingerprint density at radius 2 is 1.67 bits per heavy atom. The van der Waals surface area contributed by atoms with Gasteiger partial charge in [-0.25, -0.2) is 0 Å². The van der Waals surface area contributed by atoms with Crippen molar-refractivity contribution in [2.24, 2.45) is 0 Å². The van der Waals surface area contributed by atoms with Gasteiger partial charge in [0.05, 0.1) is 0 Å². The highest BCUT2D eigenvalue weighted by atomic mass is 32.1. The van der Waals surface area contributed by atoms with Gasteiger partial charge in [-0.3, -0.25) is 4.91 Å². The number of thiol groups is 1. The Labute approximate surface area is 40.2 Å². The summed E-state index contributed by atoms with van der Waals surface area (Å²) in [5, 5.41) is 8.63. The van der Waals surface area contributed by atoms with Gasteiger partial charge >= 0.3 is 0 Å². The molecular formula is CHN4S-. The average molecular weight is 101 g/mol. The summed E-state index contributed by atoms with van der Waals surface area (Å²) < 4.78 is 0. The van der Waals surface area contributed by atoms with Gasteiger partial charge in [0.15, 0.2) is 0 Å². The second-order valence-corrected chi connectivity index (χ2v) is 0.389. The summed E-state index contributed by atoms with van der Waals surface area (Å²) in [6.45, 7) is 0. The lowest BCUT2D eigenvalue weighted by atomic mass is 11.8. The van der Waals surface area contributed by atoms with Crippen LogP contribution in [0, 0.1) is 10.7 Å². The molecule has 6 heavy (non-hydrogen) atoms. The maximum atomic E-state index is 7.18. The average Bonchev–Trinajstić information content (AvgIpc) is 1.39. The van der Waals surface area contributed by atoms with E-state index in [1.807, 2.05) is 0 Å². The first-order chi connectivity index (χ1) is 2.83. The minimum Gasteiger partial charge on any atom is -0.373 e. The van der Waals surface area contributed by atoms with Crippen molar-refractivity contribution >= 4 is 12.6 Å². The van der Waals surface area contributed by atoms with Crippen LogP contribution in [0.2, 0.25) is 0 Å². The summed E-state index contributed by atoms with van der Waals surface area (Å²) in [5.74, 6) is 0. The molecule has 0 aromatic rings. The van der Waals surface area contributed by atoms with Gasteiger partial charge in [0.2, 0.25) is 0 Å². The van der Waals surface area contributed by atoms with E-state index >= 15 is 0 Å². The Balaban J connectivity index is 0. The first-order valence-corrected chi connectivity index (χ1v) is 1.29. The van der Waals surface area contributed by atoms with E-state index in [2.05, 4.69) is 12.6 Å². The Bertz CT molecular complexity index is 74.0. The molecule has 32 valence electrons. The van der Waals surface area contributed by atoms with Gasteiger partial charge in [0.25, 0.3) is 0 Å². The molecule has 5 heteroatoms. The molecule has 0 bridgehead atoms. The van der Waals surface area contributed by atoms with Gasteiger partial charge in [0.1, 0.15) is 5.40 Å². The van der Waals surface area contributed by atoms with Gasteiger partial charge in [-0.2, -0.15) is 5.26 Å². The monoisotopic (exact) mass is 101 g/mol. The molecule has 0 atom stereocenters. The fraction of sp³-hybridized carbons (Fsp3) is 0. The molecule has 0 radical (unpaired) electrons. The van der Waals surface area contributed by atoms with E-state index in [4.69, 9.17) is 16.3 Å². The summed E-state index contributed by atoms with van der Waals surface area (Å²) >= 11 is 3.09. The third-order valence-electron chi connectivity index (χ3n) is 0. The molecule has 0 aliphatic rings. The zero-order chi connectivity index (χ0) is 5.41. The molecule has 0 unspecified atom stereocenters. The smallest absolute Gasteiger partial charge is 0.130 e. The van der Waals surface area contributed by atoms with E-state index in [0.717, 1.165) is 0 Å². The molecule has 0 rings (SSSR count). The molecule has 0 fully saturated rings. The Morgan fingerprint density at radius 1 is 1.67 bits per heavy atom. The molecular weight excluding hydrogens is 100 g/mol. The van der Waals surface area contributed by atoms with Crippen molar-refractivity contribution in [2.45, 2.75) is 0 Å². The minimum atomic E-state index is 1.44. The van der Waals surface area contributed by atoms with Gasteiger partial charge in [-0.05, 0) is 0 Å². The van der Waals surface area contributed by atoms with Crippen LogP contribution in [0.15, 0.2) is 0 Å². The summed E-state index contributed by atoms with van der Waals surface area (Å²) in [6, 6.07) is 0. The molecule has 0 saturated carbocycles. The molecule has 0 aromatic heterocycles. The molecule has 0 aromatic carbocycles. The topological polar surface area (TPSA) is 82.5 Å². The normalized spacial score (nSPS) is 2.67. The predicted octanol–water partition coefficient (Wildman–Crippen LogP) is 1.26. The van der Waals surface area contributed by atoms with Gasteiger partial charge in [-0.1, -0.05) is 12.6 Å². The molecule has 0 aliphatic heterocycles. The summed E-state index contributed by atoms with van der Waals surface area (Å²) in [6.07, 6.45) is 0. The van der Waals surface area contributed by atoms with Crippen molar-refractivity contribution in [2.75, 3.05) is 0 Å². The Hall–Kier alpha value is -0.850. The van der Waals surface area contributed by atoms with E-state index in [9.17, 15) is 0 Å². The van der Waals surface area contributed by atoms with Crippen molar-refractivity contribution in [3.05, 3.63) is 16.0 Å². The molecule has 0 N–H and O–H groups in total. The number of hydrogen-bond acceptors (Lipinski definition) is 2. The van der Waals surface area contributed by atoms with Crippen LogP contribution in [-0.4, -0.2) is 0 Å². The van der Waals surface area contributed by atoms with Crippen molar-refractivity contribution in [1.29, 1.82) is 5.26 Å². The lowest BCUT2D eigenvalue weighted by Gasteiger charge is -1.31. The van der Waals surface area contributed by atoms with E-state index in [1.54, 1.807) is 0 Å². The fourth-order valence-electron chi connectivity index (χ4n) is 0. The largest absolute Gasteiger partial charge is 0.373 e. The number of nitriles is 1. The number of thiocyanates is 1. The van der Waals surface area contributed by atoms with Gasteiger partial charge in [-0.15, -0.1) is 0 Å². The zero-order valence-corrected chi connectivity index (χ0v) is 3.63. The number of nitrogens with zero attached hydrogens (tertiary/aromatic N) is 4. The van der Waals surface area contributed by atoms with Gasteiger partial charge in [0, 0.05) is 0 Å². The lowest BCUT2D eigenvalue weighted by molar-refractivity contribution is 1.57. The van der Waals surface area contributed by atoms with Crippen molar-refractivity contribution in [1.82, 2.24) is 0 Å². The van der Waals surface area contributed by atoms with Crippen molar-refractivity contribution in [3.63, 3.8) is 0 Å². The van der Waals surface area contributed by atoms with E-state index in [1.165, 1.54) is 10.3 Å². The maximum Gasteiger partial charge on any atom is 0.130 e. The van der Waals surface area contributed by atoms with Crippen LogP contribution in [0.1, 0.15) is 0 Å². The fourth-order valence-corrected chi connectivity index (χ4v) is 0. The van der Waals surface area contributed by atoms with Crippen molar-refractivity contribution < 1.29 is 0 Å². The Morgan fingerprint density at radius 3 is 1.67 bits per heavy atom. The maximum absolute atomic E-state index is 7.18. The molecule has 0 heterocycles. The summed E-state index contributed by atoms with van der Waals surface area (Å²) in [7, 11) is 0. The van der Waals surface area contributed by atoms with E-state index in [0.29, 0.717) is 0 Å². The lowest BCUT2D eigenvalue weighted by Crippen LogP contribution is -0.961. The summed E-state index contributed by atoms with van der Waals surface area (Å²) in [5.41, 5.74) is 13.5. The minimum absolute atomic E-state index is 1.44. The second-order valence-electron chi connectivity index (χ2n) is 0.189. The first-order valence-electron chi connectivity index (χ1n) is 0.847. The predicted molar refractivity (Wildman–Crippen MR) is 24.7 cm³/mol. The van der Waals surface area contributed by atoms with E-state index in [-0.39, 0.29) is 0 Å². The highest BCUT2D eigenvalue weighted by Gasteiger charge is 1.18. The zero-order valence-electron chi connectivity index (χ0n) is 2.74. The van der Waals surface area contributed by atoms with Crippen LogP contribution in [0.3, 0.4) is 0 Å². The Kier molecular flexibility index (Phi) is 46.4. The van der Waals surface area contributed by atoms with Crippen LogP contribution >= 0.6 is 12.6 Å². The molecule has 0 aliphatic carbocycles. The highest BCUT2D eigenvalue weighted by molar-refractivity contribution is 7.85. The highest BCUT2D eigenvalue weighted by Crippen LogP contribution is 1.46. The SMILES string of the molecule is N#CS.[N-]=[N+]=[N-]. The third kappa shape index (κ3) is 20.2. The van der Waals surface area contributed by atoms with Crippen LogP contribution < -0.4 is 0 Å². The van der Waals surface area contributed by atoms with E-state index < -0.39 is 0 Å². The van der Waals surface area contributed by atoms with Crippen LogP contribution in [0.4, 0.5) is 0 Å². The number of rotatable bonds is 0. The summed E-state index contributed by atoms with van der Waals surface area (Å²) in [4.78, 5) is 1.50. The molecule has 4 nitrogen and oxygen atoms in total. The van der Waals surface area contributed by atoms with Gasteiger partial charge < -0.3 is 11.1 Å². The van der Waals surface area contributed by atoms with Crippen LogP contribution in [0.5, 0.6) is 0 Å². The first kappa shape index (κ1) is 8.94. The molecule has 0 saturated heterocycles. The molecule has 0 spiro atoms. The second kappa shape index (κ2) is 31.1. The third-order valence-corrected chi connectivity index (χ3v) is 0. The van der Waals surface area contributed by atoms with Crippen LogP contribution in [0.25, 0.3) is 16.0 Å². The van der Waals surface area contributed by atoms with Crippen LogP contribution in [-0.2, 0) is 0 Å². The quantitative estimate of drug-likeness (QED) is 0.161.